The number of hydrogen-bond acceptors (Lipinski definition) is 1. The van der Waals surface area contributed by atoms with Crippen molar-refractivity contribution in [2.24, 2.45) is 0 Å². The van der Waals surface area contributed by atoms with Crippen LogP contribution >= 0.6 is 0 Å². The van der Waals surface area contributed by atoms with E-state index in [1.165, 1.54) is 19.1 Å². The molecule has 0 saturated heterocycles. The average Bonchev–Trinajstić information content (AvgIpc) is 2.92. The number of aliphatic hydroxyl groups is 1. The summed E-state index contributed by atoms with van der Waals surface area (Å²) in [5.41, 5.74) is 0.0803. The van der Waals surface area contributed by atoms with Gasteiger partial charge in [0.25, 0.3) is 0 Å². The van der Waals surface area contributed by atoms with Crippen molar-refractivity contribution >= 4 is 0 Å². The minimum atomic E-state index is -0.630. The Morgan fingerprint density at radius 1 is 1.27 bits per heavy atom. The van der Waals surface area contributed by atoms with E-state index in [9.17, 15) is 13.9 Å². The summed E-state index contributed by atoms with van der Waals surface area (Å²) in [6.07, 6.45) is 0.822. The monoisotopic (exact) mass is 212 g/mol. The summed E-state index contributed by atoms with van der Waals surface area (Å²) in [7, 11) is 0. The second-order valence-electron chi connectivity index (χ2n) is 4.41. The van der Waals surface area contributed by atoms with Crippen LogP contribution in [0.15, 0.2) is 12.1 Å². The van der Waals surface area contributed by atoms with Gasteiger partial charge in [-0.3, -0.25) is 0 Å². The maximum Gasteiger partial charge on any atom is 0.127 e. The molecule has 1 fully saturated rings. The van der Waals surface area contributed by atoms with Crippen LogP contribution in [0, 0.1) is 18.6 Å². The fourth-order valence-corrected chi connectivity index (χ4v) is 2.07. The molecule has 1 unspecified atom stereocenters. The predicted octanol–water partition coefficient (Wildman–Crippen LogP) is 2.69. The van der Waals surface area contributed by atoms with E-state index < -0.39 is 23.2 Å². The first-order valence-corrected chi connectivity index (χ1v) is 5.11. The Kier molecular flexibility index (Phi) is 2.30. The standard InChI is InChI=1S/C12H14F2O/c1-7-5-11(14)9(6-10(7)13)12(3-4-12)8(2)15/h5-6,8,15H,3-4H2,1-2H3. The number of rotatable bonds is 2. The summed E-state index contributed by atoms with van der Waals surface area (Å²) >= 11 is 0. The molecule has 0 bridgehead atoms. The first-order chi connectivity index (χ1) is 6.97. The van der Waals surface area contributed by atoms with E-state index >= 15 is 0 Å². The molecule has 1 saturated carbocycles. The van der Waals surface area contributed by atoms with Gasteiger partial charge in [-0.05, 0) is 49.9 Å². The largest absolute Gasteiger partial charge is 0.392 e. The van der Waals surface area contributed by atoms with Gasteiger partial charge in [-0.25, -0.2) is 8.78 Å². The van der Waals surface area contributed by atoms with Crippen molar-refractivity contribution in [3.05, 3.63) is 34.9 Å². The highest BCUT2D eigenvalue weighted by atomic mass is 19.1. The van der Waals surface area contributed by atoms with Crippen LogP contribution in [0.4, 0.5) is 8.78 Å². The van der Waals surface area contributed by atoms with Crippen molar-refractivity contribution in [1.29, 1.82) is 0 Å². The van der Waals surface area contributed by atoms with Gasteiger partial charge in [0.2, 0.25) is 0 Å². The Hall–Kier alpha value is -0.960. The molecule has 0 spiro atoms. The van der Waals surface area contributed by atoms with Crippen LogP contribution in [0.3, 0.4) is 0 Å². The number of hydrogen-bond donors (Lipinski definition) is 1. The fourth-order valence-electron chi connectivity index (χ4n) is 2.07. The Balaban J connectivity index is 2.49. The number of benzene rings is 1. The first-order valence-electron chi connectivity index (χ1n) is 5.11. The molecule has 1 N–H and O–H groups in total. The molecule has 0 aromatic heterocycles. The minimum Gasteiger partial charge on any atom is -0.392 e. The van der Waals surface area contributed by atoms with Gasteiger partial charge in [0.05, 0.1) is 6.10 Å². The summed E-state index contributed by atoms with van der Waals surface area (Å²) in [4.78, 5) is 0. The number of aliphatic hydroxyl groups excluding tert-OH is 1. The van der Waals surface area contributed by atoms with Crippen LogP contribution in [0.1, 0.15) is 30.9 Å². The third-order valence-electron chi connectivity index (χ3n) is 3.37. The molecule has 82 valence electrons. The summed E-state index contributed by atoms with van der Waals surface area (Å²) in [5.74, 6) is -0.814. The minimum absolute atomic E-state index is 0.303. The zero-order valence-corrected chi connectivity index (χ0v) is 8.85. The normalized spacial score (nSPS) is 20.1. The molecular weight excluding hydrogens is 198 g/mol. The maximum absolute atomic E-state index is 13.6. The van der Waals surface area contributed by atoms with E-state index in [0.717, 1.165) is 12.8 Å². The van der Waals surface area contributed by atoms with Gasteiger partial charge in [0.15, 0.2) is 0 Å². The van der Waals surface area contributed by atoms with Gasteiger partial charge >= 0.3 is 0 Å². The van der Waals surface area contributed by atoms with Crippen molar-refractivity contribution in [2.45, 2.75) is 38.2 Å². The first kappa shape index (κ1) is 10.6. The summed E-state index contributed by atoms with van der Waals surface area (Å²) in [6.45, 7) is 3.16. The second kappa shape index (κ2) is 3.27. The highest BCUT2D eigenvalue weighted by Crippen LogP contribution is 2.51. The van der Waals surface area contributed by atoms with Crippen LogP contribution in [-0.2, 0) is 5.41 Å². The molecule has 1 atom stereocenters. The second-order valence-corrected chi connectivity index (χ2v) is 4.41. The van der Waals surface area contributed by atoms with E-state index in [0.29, 0.717) is 11.1 Å². The zero-order valence-electron chi connectivity index (χ0n) is 8.85. The molecule has 0 radical (unpaired) electrons. The quantitative estimate of drug-likeness (QED) is 0.799. The number of halogens is 2. The van der Waals surface area contributed by atoms with E-state index in [2.05, 4.69) is 0 Å². The predicted molar refractivity (Wildman–Crippen MR) is 53.7 cm³/mol. The van der Waals surface area contributed by atoms with Crippen LogP contribution in [0.2, 0.25) is 0 Å². The molecule has 0 amide bonds. The number of aryl methyl sites for hydroxylation is 1. The molecule has 2 rings (SSSR count). The Labute approximate surface area is 87.7 Å². The topological polar surface area (TPSA) is 20.2 Å². The van der Waals surface area contributed by atoms with Gasteiger partial charge in [0.1, 0.15) is 11.6 Å². The van der Waals surface area contributed by atoms with Gasteiger partial charge in [-0.1, -0.05) is 0 Å². The third kappa shape index (κ3) is 1.55. The van der Waals surface area contributed by atoms with E-state index in [4.69, 9.17) is 0 Å². The van der Waals surface area contributed by atoms with E-state index in [1.807, 2.05) is 0 Å². The Bertz CT molecular complexity index is 395. The highest BCUT2D eigenvalue weighted by Gasteiger charge is 2.50. The highest BCUT2D eigenvalue weighted by molar-refractivity contribution is 5.37. The lowest BCUT2D eigenvalue weighted by molar-refractivity contribution is 0.148. The van der Waals surface area contributed by atoms with Crippen molar-refractivity contribution in [3.8, 4) is 0 Å². The van der Waals surface area contributed by atoms with Crippen molar-refractivity contribution in [1.82, 2.24) is 0 Å². The van der Waals surface area contributed by atoms with Crippen LogP contribution < -0.4 is 0 Å². The molecule has 1 nitrogen and oxygen atoms in total. The SMILES string of the molecule is Cc1cc(F)c(C2(C(C)O)CC2)cc1F. The lowest BCUT2D eigenvalue weighted by Crippen LogP contribution is -2.24. The Morgan fingerprint density at radius 2 is 1.87 bits per heavy atom. The summed E-state index contributed by atoms with van der Waals surface area (Å²) in [6, 6.07) is 2.43. The lowest BCUT2D eigenvalue weighted by atomic mass is 9.89. The molecule has 1 aromatic carbocycles. The van der Waals surface area contributed by atoms with Crippen molar-refractivity contribution < 1.29 is 13.9 Å². The van der Waals surface area contributed by atoms with Crippen molar-refractivity contribution in [3.63, 3.8) is 0 Å². The molecule has 1 aliphatic rings. The van der Waals surface area contributed by atoms with Gasteiger partial charge in [-0.15, -0.1) is 0 Å². The van der Waals surface area contributed by atoms with E-state index in [1.54, 1.807) is 6.92 Å². The molecule has 0 heterocycles. The third-order valence-corrected chi connectivity index (χ3v) is 3.37. The average molecular weight is 212 g/mol. The molecule has 15 heavy (non-hydrogen) atoms. The lowest BCUT2D eigenvalue weighted by Gasteiger charge is -2.20. The molecule has 0 aliphatic heterocycles. The molecule has 1 aliphatic carbocycles. The Morgan fingerprint density at radius 3 is 2.33 bits per heavy atom. The smallest absolute Gasteiger partial charge is 0.127 e. The molecule has 3 heteroatoms. The summed E-state index contributed by atoms with van der Waals surface area (Å²) in [5, 5.41) is 9.59. The van der Waals surface area contributed by atoms with Crippen LogP contribution in [0.5, 0.6) is 0 Å². The van der Waals surface area contributed by atoms with E-state index in [-0.39, 0.29) is 0 Å². The molecular formula is C12H14F2O. The fraction of sp³-hybridized carbons (Fsp3) is 0.500. The van der Waals surface area contributed by atoms with Crippen LogP contribution in [0.25, 0.3) is 0 Å². The summed E-state index contributed by atoms with van der Waals surface area (Å²) < 4.78 is 27.0. The maximum atomic E-state index is 13.6. The van der Waals surface area contributed by atoms with Gasteiger partial charge in [0, 0.05) is 5.41 Å². The van der Waals surface area contributed by atoms with Crippen LogP contribution in [-0.4, -0.2) is 11.2 Å². The zero-order chi connectivity index (χ0) is 11.2. The molecule has 1 aromatic rings. The van der Waals surface area contributed by atoms with Crippen molar-refractivity contribution in [2.75, 3.05) is 0 Å². The van der Waals surface area contributed by atoms with Gasteiger partial charge < -0.3 is 5.11 Å². The van der Waals surface area contributed by atoms with Gasteiger partial charge in [-0.2, -0.15) is 0 Å².